The van der Waals surface area contributed by atoms with Crippen LogP contribution in [0.15, 0.2) is 6.20 Å². The van der Waals surface area contributed by atoms with Crippen molar-refractivity contribution in [2.45, 2.75) is 90.0 Å². The minimum Gasteiger partial charge on any atom is -0.415 e. The zero-order chi connectivity index (χ0) is 21.0. The zero-order valence-corrected chi connectivity index (χ0v) is 20.5. The molecule has 0 unspecified atom stereocenters. The van der Waals surface area contributed by atoms with Crippen LogP contribution < -0.4 is 4.90 Å². The standard InChI is InChI=1S/C22H35ClN4OSi/c1-15-13-27(16-9-7-10-16)20-18(15)19(24-21(23)25-20)26-12-8-11-17(26)14-28-29(5,6)22(2,3)4/h13,16-17H,7-12,14H2,1-6H3/t17-/m0/s1. The van der Waals surface area contributed by atoms with E-state index in [1.54, 1.807) is 0 Å². The zero-order valence-electron chi connectivity index (χ0n) is 18.8. The molecular weight excluding hydrogens is 400 g/mol. The Morgan fingerprint density at radius 3 is 2.52 bits per heavy atom. The second-order valence-electron chi connectivity index (χ2n) is 10.4. The fourth-order valence-corrected chi connectivity index (χ4v) is 5.45. The number of anilines is 1. The van der Waals surface area contributed by atoms with Crippen LogP contribution in [-0.2, 0) is 4.43 Å². The molecule has 0 N–H and O–H groups in total. The quantitative estimate of drug-likeness (QED) is 0.420. The highest BCUT2D eigenvalue weighted by Gasteiger charge is 2.39. The van der Waals surface area contributed by atoms with Gasteiger partial charge in [-0.15, -0.1) is 0 Å². The van der Waals surface area contributed by atoms with Gasteiger partial charge in [0.25, 0.3) is 0 Å². The van der Waals surface area contributed by atoms with E-state index in [4.69, 9.17) is 21.0 Å². The molecule has 7 heteroatoms. The molecule has 2 fully saturated rings. The number of hydrogen-bond donors (Lipinski definition) is 0. The Bertz CT molecular complexity index is 900. The summed E-state index contributed by atoms with van der Waals surface area (Å²) in [5.41, 5.74) is 2.24. The largest absolute Gasteiger partial charge is 0.415 e. The van der Waals surface area contributed by atoms with E-state index in [0.717, 1.165) is 37.5 Å². The molecule has 5 nitrogen and oxygen atoms in total. The summed E-state index contributed by atoms with van der Waals surface area (Å²) in [7, 11) is -1.78. The molecule has 2 aromatic rings. The molecule has 0 aromatic carbocycles. The van der Waals surface area contributed by atoms with E-state index in [-0.39, 0.29) is 5.04 Å². The summed E-state index contributed by atoms with van der Waals surface area (Å²) in [6, 6.07) is 0.908. The molecule has 1 aliphatic carbocycles. The van der Waals surface area contributed by atoms with Crippen molar-refractivity contribution in [3.63, 3.8) is 0 Å². The number of aryl methyl sites for hydroxylation is 1. The van der Waals surface area contributed by atoms with Crippen molar-refractivity contribution < 1.29 is 4.43 Å². The average Bonchev–Trinajstić information content (AvgIpc) is 3.15. The summed E-state index contributed by atoms with van der Waals surface area (Å²) in [6.07, 6.45) is 8.31. The first-order chi connectivity index (χ1) is 13.6. The van der Waals surface area contributed by atoms with Crippen molar-refractivity contribution in [2.24, 2.45) is 0 Å². The summed E-state index contributed by atoms with van der Waals surface area (Å²) in [5, 5.41) is 1.74. The number of fused-ring (bicyclic) bond motifs is 1. The molecule has 1 saturated carbocycles. The van der Waals surface area contributed by atoms with Crippen molar-refractivity contribution in [2.75, 3.05) is 18.1 Å². The highest BCUT2D eigenvalue weighted by atomic mass is 35.5. The first kappa shape index (κ1) is 21.1. The molecule has 0 spiro atoms. The highest BCUT2D eigenvalue weighted by molar-refractivity contribution is 6.74. The Kier molecular flexibility index (Phi) is 5.49. The fraction of sp³-hybridized carbons (Fsp3) is 0.727. The Hall–Kier alpha value is -1.11. The molecule has 29 heavy (non-hydrogen) atoms. The summed E-state index contributed by atoms with van der Waals surface area (Å²) >= 11 is 6.42. The van der Waals surface area contributed by atoms with E-state index in [9.17, 15) is 0 Å². The van der Waals surface area contributed by atoms with Gasteiger partial charge in [0.2, 0.25) is 5.28 Å². The first-order valence-corrected chi connectivity index (χ1v) is 14.3. The predicted molar refractivity (Wildman–Crippen MR) is 124 cm³/mol. The van der Waals surface area contributed by atoms with Gasteiger partial charge < -0.3 is 13.9 Å². The molecule has 1 saturated heterocycles. The van der Waals surface area contributed by atoms with Crippen LogP contribution in [-0.4, -0.2) is 42.0 Å². The van der Waals surface area contributed by atoms with Gasteiger partial charge in [-0.3, -0.25) is 0 Å². The normalized spacial score (nSPS) is 21.2. The lowest BCUT2D eigenvalue weighted by Crippen LogP contribution is -2.45. The van der Waals surface area contributed by atoms with E-state index in [1.165, 1.54) is 30.2 Å². The maximum absolute atomic E-state index is 6.59. The molecule has 4 rings (SSSR count). The van der Waals surface area contributed by atoms with Crippen molar-refractivity contribution in [1.29, 1.82) is 0 Å². The molecule has 0 radical (unpaired) electrons. The molecule has 2 aliphatic rings. The van der Waals surface area contributed by atoms with Crippen LogP contribution in [0, 0.1) is 6.92 Å². The van der Waals surface area contributed by atoms with E-state index < -0.39 is 8.32 Å². The van der Waals surface area contributed by atoms with E-state index in [1.807, 2.05) is 0 Å². The number of aromatic nitrogens is 3. The van der Waals surface area contributed by atoms with Crippen molar-refractivity contribution in [3.05, 3.63) is 17.0 Å². The molecule has 0 amide bonds. The third kappa shape index (κ3) is 3.84. The smallest absolute Gasteiger partial charge is 0.226 e. The van der Waals surface area contributed by atoms with Gasteiger partial charge in [0.05, 0.1) is 18.0 Å². The summed E-state index contributed by atoms with van der Waals surface area (Å²) in [4.78, 5) is 11.8. The number of nitrogens with zero attached hydrogens (tertiary/aromatic N) is 4. The second-order valence-corrected chi connectivity index (χ2v) is 15.5. The monoisotopic (exact) mass is 434 g/mol. The van der Waals surface area contributed by atoms with Crippen molar-refractivity contribution in [3.8, 4) is 0 Å². The third-order valence-corrected chi connectivity index (χ3v) is 12.0. The van der Waals surface area contributed by atoms with Crippen LogP contribution in [0.2, 0.25) is 23.4 Å². The van der Waals surface area contributed by atoms with Gasteiger partial charge in [-0.25, -0.2) is 0 Å². The first-order valence-electron chi connectivity index (χ1n) is 11.0. The molecule has 3 heterocycles. The van der Waals surface area contributed by atoms with Crippen LogP contribution in [0.5, 0.6) is 0 Å². The van der Waals surface area contributed by atoms with Crippen LogP contribution in [0.3, 0.4) is 0 Å². The Morgan fingerprint density at radius 2 is 1.90 bits per heavy atom. The van der Waals surface area contributed by atoms with Crippen LogP contribution in [0.25, 0.3) is 11.0 Å². The number of rotatable bonds is 5. The summed E-state index contributed by atoms with van der Waals surface area (Å²) in [6.45, 7) is 15.5. The second kappa shape index (κ2) is 7.54. The molecule has 1 aliphatic heterocycles. The van der Waals surface area contributed by atoms with Crippen LogP contribution in [0.4, 0.5) is 5.82 Å². The molecular formula is C22H35ClN4OSi. The molecule has 160 valence electrons. The van der Waals surface area contributed by atoms with Gasteiger partial charge in [0, 0.05) is 18.8 Å². The Labute approximate surface area is 180 Å². The topological polar surface area (TPSA) is 43.2 Å². The van der Waals surface area contributed by atoms with Gasteiger partial charge in [-0.1, -0.05) is 20.8 Å². The van der Waals surface area contributed by atoms with Gasteiger partial charge >= 0.3 is 0 Å². The van der Waals surface area contributed by atoms with Gasteiger partial charge in [0.15, 0.2) is 8.32 Å². The molecule has 0 bridgehead atoms. The third-order valence-electron chi connectivity index (χ3n) is 7.38. The lowest BCUT2D eigenvalue weighted by atomic mass is 9.93. The summed E-state index contributed by atoms with van der Waals surface area (Å²) < 4.78 is 8.92. The average molecular weight is 435 g/mol. The van der Waals surface area contributed by atoms with Crippen LogP contribution >= 0.6 is 11.6 Å². The Balaban J connectivity index is 1.65. The molecule has 1 atom stereocenters. The highest BCUT2D eigenvalue weighted by Crippen LogP contribution is 2.40. The van der Waals surface area contributed by atoms with Crippen LogP contribution in [0.1, 0.15) is 64.5 Å². The maximum atomic E-state index is 6.59. The SMILES string of the molecule is Cc1cn(C2CCC2)c2nc(Cl)nc(N3CCC[C@H]3CO[Si](C)(C)C(C)(C)C)c12. The predicted octanol–water partition coefficient (Wildman–Crippen LogP) is 6.11. The maximum Gasteiger partial charge on any atom is 0.226 e. The fourth-order valence-electron chi connectivity index (χ4n) is 4.25. The minimum absolute atomic E-state index is 0.221. The van der Waals surface area contributed by atoms with E-state index in [2.05, 4.69) is 61.4 Å². The van der Waals surface area contributed by atoms with Gasteiger partial charge in [-0.2, -0.15) is 9.97 Å². The van der Waals surface area contributed by atoms with E-state index >= 15 is 0 Å². The number of halogens is 1. The van der Waals surface area contributed by atoms with Gasteiger partial charge in [0.1, 0.15) is 11.5 Å². The Morgan fingerprint density at radius 1 is 1.17 bits per heavy atom. The van der Waals surface area contributed by atoms with Gasteiger partial charge in [-0.05, 0) is 74.3 Å². The van der Waals surface area contributed by atoms with E-state index in [0.29, 0.717) is 17.4 Å². The molecule has 2 aromatic heterocycles. The lowest BCUT2D eigenvalue weighted by Gasteiger charge is -2.38. The number of hydrogen-bond acceptors (Lipinski definition) is 4. The van der Waals surface area contributed by atoms with Crippen molar-refractivity contribution >= 4 is 36.8 Å². The summed E-state index contributed by atoms with van der Waals surface area (Å²) in [5.74, 6) is 0.997. The lowest BCUT2D eigenvalue weighted by molar-refractivity contribution is 0.263. The minimum atomic E-state index is -1.78. The van der Waals surface area contributed by atoms with Crippen molar-refractivity contribution in [1.82, 2.24) is 14.5 Å².